The van der Waals surface area contributed by atoms with Crippen molar-refractivity contribution < 1.29 is 19.4 Å². The molecule has 0 saturated carbocycles. The number of carboxylic acids is 1. The number of thiophene rings is 1. The van der Waals surface area contributed by atoms with E-state index in [0.717, 1.165) is 11.1 Å². The molecule has 2 aromatic rings. The Bertz CT molecular complexity index is 737. The molecule has 0 aliphatic carbocycles. The first-order chi connectivity index (χ1) is 11.6. The third-order valence-electron chi connectivity index (χ3n) is 3.87. The molecule has 2 heterocycles. The van der Waals surface area contributed by atoms with Gasteiger partial charge in [-0.3, -0.25) is 4.79 Å². The molecular weight excluding hydrogens is 326 g/mol. The van der Waals surface area contributed by atoms with Gasteiger partial charge in [-0.1, -0.05) is 12.1 Å². The van der Waals surface area contributed by atoms with E-state index in [9.17, 15) is 9.59 Å². The zero-order valence-electron chi connectivity index (χ0n) is 12.9. The second kappa shape index (κ2) is 7.42. The van der Waals surface area contributed by atoms with E-state index in [0.29, 0.717) is 19.7 Å². The number of carbonyl (C=O) groups is 2. The van der Waals surface area contributed by atoms with Crippen molar-refractivity contribution in [1.29, 1.82) is 0 Å². The van der Waals surface area contributed by atoms with Gasteiger partial charge in [-0.2, -0.15) is 11.3 Å². The highest BCUT2D eigenvalue weighted by Crippen LogP contribution is 2.24. The van der Waals surface area contributed by atoms with Crippen molar-refractivity contribution >= 4 is 29.3 Å². The minimum absolute atomic E-state index is 0.0687. The monoisotopic (exact) mass is 343 g/mol. The van der Waals surface area contributed by atoms with E-state index >= 15 is 0 Å². The highest BCUT2D eigenvalue weighted by atomic mass is 32.1. The molecule has 0 spiro atoms. The molecule has 1 fully saturated rings. The van der Waals surface area contributed by atoms with Crippen molar-refractivity contribution in [2.75, 3.05) is 19.7 Å². The number of hydrogen-bond donors (Lipinski definition) is 1. The summed E-state index contributed by atoms with van der Waals surface area (Å²) in [4.78, 5) is 24.9. The fourth-order valence-electron chi connectivity index (χ4n) is 2.52. The number of benzene rings is 1. The minimum atomic E-state index is -0.964. The molecule has 1 amide bonds. The van der Waals surface area contributed by atoms with Crippen molar-refractivity contribution in [3.63, 3.8) is 0 Å². The molecule has 1 atom stereocenters. The average Bonchev–Trinajstić information content (AvgIpc) is 3.15. The van der Waals surface area contributed by atoms with Gasteiger partial charge in [0.25, 0.3) is 0 Å². The molecule has 124 valence electrons. The molecule has 5 nitrogen and oxygen atoms in total. The lowest BCUT2D eigenvalue weighted by atomic mass is 10.1. The Morgan fingerprint density at radius 2 is 2.04 bits per heavy atom. The van der Waals surface area contributed by atoms with E-state index in [1.165, 1.54) is 18.2 Å². The molecule has 24 heavy (non-hydrogen) atoms. The number of morpholine rings is 1. The predicted molar refractivity (Wildman–Crippen MR) is 92.0 cm³/mol. The fourth-order valence-corrected chi connectivity index (χ4v) is 3.22. The average molecular weight is 343 g/mol. The summed E-state index contributed by atoms with van der Waals surface area (Å²) in [5.74, 6) is -1.03. The second-order valence-corrected chi connectivity index (χ2v) is 6.24. The smallest absolute Gasteiger partial charge is 0.335 e. The topological polar surface area (TPSA) is 66.8 Å². The van der Waals surface area contributed by atoms with Crippen LogP contribution in [-0.2, 0) is 9.53 Å². The predicted octanol–water partition coefficient (Wildman–Crippen LogP) is 3.06. The Labute approximate surface area is 143 Å². The van der Waals surface area contributed by atoms with Gasteiger partial charge < -0.3 is 14.7 Å². The number of rotatable bonds is 4. The van der Waals surface area contributed by atoms with E-state index in [2.05, 4.69) is 0 Å². The molecular formula is C18H17NO4S. The third-order valence-corrected chi connectivity index (χ3v) is 4.57. The molecule has 1 aromatic carbocycles. The quantitative estimate of drug-likeness (QED) is 0.867. The van der Waals surface area contributed by atoms with Gasteiger partial charge in [-0.15, -0.1) is 0 Å². The standard InChI is InChI=1S/C18H17NO4S/c20-17(6-3-13-1-4-14(5-2-13)18(21)22)19-8-9-23-16(11-19)15-7-10-24-12-15/h1-7,10,12,16H,8-9,11H2,(H,21,22)/b6-3+. The van der Waals surface area contributed by atoms with Crippen molar-refractivity contribution in [2.45, 2.75) is 6.10 Å². The van der Waals surface area contributed by atoms with Gasteiger partial charge in [-0.25, -0.2) is 4.79 Å². The highest BCUT2D eigenvalue weighted by molar-refractivity contribution is 7.07. The maximum atomic E-state index is 12.4. The van der Waals surface area contributed by atoms with Crippen molar-refractivity contribution in [3.05, 3.63) is 63.9 Å². The van der Waals surface area contributed by atoms with Gasteiger partial charge in [0.15, 0.2) is 0 Å². The second-order valence-electron chi connectivity index (χ2n) is 5.46. The normalized spacial score (nSPS) is 18.0. The maximum absolute atomic E-state index is 12.4. The van der Waals surface area contributed by atoms with Crippen LogP contribution in [0.15, 0.2) is 47.2 Å². The number of carbonyl (C=O) groups excluding carboxylic acids is 1. The highest BCUT2D eigenvalue weighted by Gasteiger charge is 2.24. The summed E-state index contributed by atoms with van der Waals surface area (Å²) in [7, 11) is 0. The Morgan fingerprint density at radius 1 is 1.25 bits per heavy atom. The Balaban J connectivity index is 1.62. The molecule has 1 aromatic heterocycles. The summed E-state index contributed by atoms with van der Waals surface area (Å²) >= 11 is 1.61. The number of aromatic carboxylic acids is 1. The van der Waals surface area contributed by atoms with E-state index < -0.39 is 5.97 Å². The molecule has 6 heteroatoms. The van der Waals surface area contributed by atoms with Crippen LogP contribution in [0.1, 0.15) is 27.6 Å². The summed E-state index contributed by atoms with van der Waals surface area (Å²) < 4.78 is 5.73. The van der Waals surface area contributed by atoms with Crippen LogP contribution in [0.2, 0.25) is 0 Å². The van der Waals surface area contributed by atoms with Crippen LogP contribution in [0.3, 0.4) is 0 Å². The molecule has 1 aliphatic rings. The van der Waals surface area contributed by atoms with Crippen LogP contribution in [0.25, 0.3) is 6.08 Å². The summed E-state index contributed by atoms with van der Waals surface area (Å²) in [5, 5.41) is 12.9. The molecule has 1 N–H and O–H groups in total. The maximum Gasteiger partial charge on any atom is 0.335 e. The Hall–Kier alpha value is -2.44. The first-order valence-corrected chi connectivity index (χ1v) is 8.52. The number of amides is 1. The van der Waals surface area contributed by atoms with Crippen LogP contribution < -0.4 is 0 Å². The number of ether oxygens (including phenoxy) is 1. The van der Waals surface area contributed by atoms with Crippen molar-refractivity contribution in [2.24, 2.45) is 0 Å². The minimum Gasteiger partial charge on any atom is -0.478 e. The number of hydrogen-bond acceptors (Lipinski definition) is 4. The summed E-state index contributed by atoms with van der Waals surface area (Å²) in [5.41, 5.74) is 2.12. The third kappa shape index (κ3) is 3.90. The summed E-state index contributed by atoms with van der Waals surface area (Å²) in [6.45, 7) is 1.63. The van der Waals surface area contributed by atoms with Gasteiger partial charge in [0.1, 0.15) is 6.10 Å². The molecule has 1 unspecified atom stereocenters. The molecule has 1 saturated heterocycles. The van der Waals surface area contributed by atoms with E-state index in [-0.39, 0.29) is 17.6 Å². The van der Waals surface area contributed by atoms with Gasteiger partial charge in [-0.05, 0) is 46.2 Å². The zero-order valence-corrected chi connectivity index (χ0v) is 13.7. The lowest BCUT2D eigenvalue weighted by molar-refractivity contribution is -0.133. The van der Waals surface area contributed by atoms with E-state index in [4.69, 9.17) is 9.84 Å². The van der Waals surface area contributed by atoms with E-state index in [1.807, 2.05) is 16.8 Å². The largest absolute Gasteiger partial charge is 0.478 e. The van der Waals surface area contributed by atoms with Crippen molar-refractivity contribution in [3.8, 4) is 0 Å². The van der Waals surface area contributed by atoms with E-state index in [1.54, 1.807) is 34.4 Å². The van der Waals surface area contributed by atoms with Gasteiger partial charge >= 0.3 is 5.97 Å². The van der Waals surface area contributed by atoms with Crippen LogP contribution >= 0.6 is 11.3 Å². The lowest BCUT2D eigenvalue weighted by Crippen LogP contribution is -2.41. The summed E-state index contributed by atoms with van der Waals surface area (Å²) in [6.07, 6.45) is 3.15. The van der Waals surface area contributed by atoms with Gasteiger partial charge in [0, 0.05) is 12.6 Å². The van der Waals surface area contributed by atoms with Crippen molar-refractivity contribution in [1.82, 2.24) is 4.90 Å². The van der Waals surface area contributed by atoms with Gasteiger partial charge in [0.05, 0.1) is 18.7 Å². The number of nitrogens with zero attached hydrogens (tertiary/aromatic N) is 1. The fraction of sp³-hybridized carbons (Fsp3) is 0.222. The molecule has 3 rings (SSSR count). The molecule has 1 aliphatic heterocycles. The lowest BCUT2D eigenvalue weighted by Gasteiger charge is -2.32. The molecule has 0 radical (unpaired) electrons. The summed E-state index contributed by atoms with van der Waals surface area (Å²) in [6, 6.07) is 8.42. The van der Waals surface area contributed by atoms with Gasteiger partial charge in [0.2, 0.25) is 5.91 Å². The van der Waals surface area contributed by atoms with Crippen LogP contribution in [0.5, 0.6) is 0 Å². The van der Waals surface area contributed by atoms with Crippen LogP contribution in [0, 0.1) is 0 Å². The van der Waals surface area contributed by atoms with Crippen LogP contribution in [-0.4, -0.2) is 41.6 Å². The number of carboxylic acid groups (broad SMARTS) is 1. The Kier molecular flexibility index (Phi) is 5.08. The first kappa shape index (κ1) is 16.4. The van der Waals surface area contributed by atoms with Crippen LogP contribution in [0.4, 0.5) is 0 Å². The zero-order chi connectivity index (χ0) is 16.9. The SMILES string of the molecule is O=C(O)c1ccc(/C=C/C(=O)N2CCOC(c3ccsc3)C2)cc1. The first-order valence-electron chi connectivity index (χ1n) is 7.57. The Morgan fingerprint density at radius 3 is 2.71 bits per heavy atom. The molecule has 0 bridgehead atoms.